The second-order valence-corrected chi connectivity index (χ2v) is 8.55. The van der Waals surface area contributed by atoms with Crippen LogP contribution >= 0.6 is 23.1 Å². The Hall–Kier alpha value is -2.24. The summed E-state index contributed by atoms with van der Waals surface area (Å²) in [7, 11) is 0. The van der Waals surface area contributed by atoms with Crippen LogP contribution in [0.25, 0.3) is 11.3 Å². The molecule has 162 valence electrons. The summed E-state index contributed by atoms with van der Waals surface area (Å²) in [4.78, 5) is 31.3. The number of anilines is 1. The van der Waals surface area contributed by atoms with E-state index in [4.69, 9.17) is 4.74 Å². The molecule has 0 spiro atoms. The molecule has 0 saturated carbocycles. The van der Waals surface area contributed by atoms with E-state index >= 15 is 0 Å². The molecule has 11 heteroatoms. The van der Waals surface area contributed by atoms with Crippen LogP contribution in [0.1, 0.15) is 4.88 Å². The molecule has 2 heterocycles. The van der Waals surface area contributed by atoms with E-state index in [0.717, 1.165) is 10.4 Å². The van der Waals surface area contributed by atoms with E-state index in [2.05, 4.69) is 15.0 Å². The predicted octanol–water partition coefficient (Wildman–Crippen LogP) is 3.25. The van der Waals surface area contributed by atoms with Crippen molar-refractivity contribution >= 4 is 40.0 Å². The van der Waals surface area contributed by atoms with E-state index in [-0.39, 0.29) is 29.1 Å². The summed E-state index contributed by atoms with van der Waals surface area (Å²) in [6.07, 6.45) is 0. The number of benzene rings is 1. The number of aromatic nitrogens is 1. The first-order valence-corrected chi connectivity index (χ1v) is 11.2. The number of nitrogens with zero attached hydrogens (tertiary/aromatic N) is 2. The molecule has 1 N–H and O–H groups in total. The topological polar surface area (TPSA) is 80.8 Å². The summed E-state index contributed by atoms with van der Waals surface area (Å²) in [5, 5.41) is 3.19. The maximum atomic E-state index is 12.3. The van der Waals surface area contributed by atoms with Crippen LogP contribution in [-0.4, -0.2) is 66.1 Å². The van der Waals surface area contributed by atoms with Crippen molar-refractivity contribution in [1.82, 2.24) is 9.88 Å². The minimum absolute atomic E-state index is 0.00254. The molecule has 1 saturated heterocycles. The second kappa shape index (κ2) is 10.7. The van der Waals surface area contributed by atoms with Crippen molar-refractivity contribution in [2.24, 2.45) is 0 Å². The van der Waals surface area contributed by atoms with Gasteiger partial charge in [0.25, 0.3) is 0 Å². The third-order valence-electron chi connectivity index (χ3n) is 4.22. The Kier molecular flexibility index (Phi) is 8.00. The van der Waals surface area contributed by atoms with Crippen LogP contribution in [0.5, 0.6) is 5.75 Å². The highest BCUT2D eigenvalue weighted by molar-refractivity contribution is 8.00. The Morgan fingerprint density at radius 2 is 1.97 bits per heavy atom. The van der Waals surface area contributed by atoms with Gasteiger partial charge in [-0.2, -0.15) is 8.78 Å². The lowest BCUT2D eigenvalue weighted by molar-refractivity contribution is -0.132. The highest BCUT2D eigenvalue weighted by Crippen LogP contribution is 2.31. The molecule has 3 rings (SSSR count). The standard InChI is InChI=1S/C19H21F2N3O4S2/c1-12-17(13-2-4-14(5-3-13)28-18(20)21)23-19(30-12)22-15(25)10-29-11-16(26)24-6-8-27-9-7-24/h2-5,18H,6-11H2,1H3,(H,22,23,25). The fourth-order valence-corrected chi connectivity index (χ4v) is 4.37. The SMILES string of the molecule is Cc1sc(NC(=O)CSCC(=O)N2CCOCC2)nc1-c1ccc(OC(F)F)cc1. The van der Waals surface area contributed by atoms with Crippen molar-refractivity contribution in [2.45, 2.75) is 13.5 Å². The summed E-state index contributed by atoms with van der Waals surface area (Å²) in [5.74, 6) is 0.212. The van der Waals surface area contributed by atoms with Crippen LogP contribution in [0, 0.1) is 6.92 Å². The second-order valence-electron chi connectivity index (χ2n) is 6.36. The number of alkyl halides is 2. The first-order valence-electron chi connectivity index (χ1n) is 9.18. The smallest absolute Gasteiger partial charge is 0.387 e. The number of rotatable bonds is 8. The molecule has 0 unspecified atom stereocenters. The van der Waals surface area contributed by atoms with E-state index in [1.807, 2.05) is 6.92 Å². The minimum Gasteiger partial charge on any atom is -0.435 e. The fraction of sp³-hybridized carbons (Fsp3) is 0.421. The number of morpholine rings is 1. The Balaban J connectivity index is 1.50. The molecular formula is C19H21F2N3O4S2. The first kappa shape index (κ1) is 22.4. The van der Waals surface area contributed by atoms with Gasteiger partial charge in [0.2, 0.25) is 11.8 Å². The van der Waals surface area contributed by atoms with Gasteiger partial charge in [0.1, 0.15) is 5.75 Å². The molecule has 1 fully saturated rings. The Morgan fingerprint density at radius 1 is 1.27 bits per heavy atom. The number of aryl methyl sites for hydroxylation is 1. The lowest BCUT2D eigenvalue weighted by Gasteiger charge is -2.26. The number of nitrogens with one attached hydrogen (secondary N) is 1. The third kappa shape index (κ3) is 6.38. The van der Waals surface area contributed by atoms with E-state index in [0.29, 0.717) is 37.1 Å². The largest absolute Gasteiger partial charge is 0.435 e. The molecule has 7 nitrogen and oxygen atoms in total. The molecule has 1 aliphatic rings. The molecule has 0 atom stereocenters. The van der Waals surface area contributed by atoms with Gasteiger partial charge in [-0.05, 0) is 31.2 Å². The van der Waals surface area contributed by atoms with Crippen molar-refractivity contribution < 1.29 is 27.8 Å². The van der Waals surface area contributed by atoms with Gasteiger partial charge in [-0.3, -0.25) is 9.59 Å². The van der Waals surface area contributed by atoms with Gasteiger partial charge in [-0.25, -0.2) is 4.98 Å². The number of hydrogen-bond donors (Lipinski definition) is 1. The highest BCUT2D eigenvalue weighted by Gasteiger charge is 2.18. The van der Waals surface area contributed by atoms with Crippen LogP contribution in [0.4, 0.5) is 13.9 Å². The van der Waals surface area contributed by atoms with Gasteiger partial charge in [0, 0.05) is 23.5 Å². The van der Waals surface area contributed by atoms with E-state index in [9.17, 15) is 18.4 Å². The molecule has 1 aliphatic heterocycles. The average Bonchev–Trinajstić information content (AvgIpc) is 3.08. The van der Waals surface area contributed by atoms with Gasteiger partial charge < -0.3 is 19.7 Å². The molecule has 2 aromatic rings. The molecule has 1 aromatic heterocycles. The van der Waals surface area contributed by atoms with E-state index in [1.165, 1.54) is 35.2 Å². The molecule has 0 bridgehead atoms. The fourth-order valence-electron chi connectivity index (χ4n) is 2.80. The molecule has 1 aromatic carbocycles. The summed E-state index contributed by atoms with van der Waals surface area (Å²) in [5.41, 5.74) is 1.39. The van der Waals surface area contributed by atoms with Crippen molar-refractivity contribution in [3.8, 4) is 17.0 Å². The lowest BCUT2D eigenvalue weighted by Crippen LogP contribution is -2.41. The number of carbonyl (C=O) groups is 2. The zero-order chi connectivity index (χ0) is 21.5. The number of halogens is 2. The monoisotopic (exact) mass is 457 g/mol. The molecule has 0 radical (unpaired) electrons. The number of amides is 2. The quantitative estimate of drug-likeness (QED) is 0.656. The zero-order valence-electron chi connectivity index (χ0n) is 16.2. The average molecular weight is 458 g/mol. The van der Waals surface area contributed by atoms with E-state index < -0.39 is 6.61 Å². The van der Waals surface area contributed by atoms with Gasteiger partial charge in [0.05, 0.1) is 30.4 Å². The van der Waals surface area contributed by atoms with Gasteiger partial charge >= 0.3 is 6.61 Å². The van der Waals surface area contributed by atoms with Crippen molar-refractivity contribution in [3.05, 3.63) is 29.1 Å². The minimum atomic E-state index is -2.87. The van der Waals surface area contributed by atoms with E-state index in [1.54, 1.807) is 17.0 Å². The zero-order valence-corrected chi connectivity index (χ0v) is 17.9. The summed E-state index contributed by atoms with van der Waals surface area (Å²) in [6, 6.07) is 6.16. The summed E-state index contributed by atoms with van der Waals surface area (Å²) < 4.78 is 34.1. The lowest BCUT2D eigenvalue weighted by atomic mass is 10.1. The Labute approximate surface area is 180 Å². The number of thioether (sulfide) groups is 1. The maximum absolute atomic E-state index is 12.3. The predicted molar refractivity (Wildman–Crippen MR) is 112 cm³/mol. The molecule has 2 amide bonds. The molecule has 30 heavy (non-hydrogen) atoms. The van der Waals surface area contributed by atoms with Gasteiger partial charge in [-0.1, -0.05) is 0 Å². The van der Waals surface area contributed by atoms with Crippen molar-refractivity contribution in [2.75, 3.05) is 43.1 Å². The number of hydrogen-bond acceptors (Lipinski definition) is 7. The number of thiazole rings is 1. The van der Waals surface area contributed by atoms with Crippen LogP contribution in [-0.2, 0) is 14.3 Å². The Morgan fingerprint density at radius 3 is 2.63 bits per heavy atom. The van der Waals surface area contributed by atoms with Crippen molar-refractivity contribution in [3.63, 3.8) is 0 Å². The highest BCUT2D eigenvalue weighted by atomic mass is 32.2. The van der Waals surface area contributed by atoms with Crippen LogP contribution in [0.2, 0.25) is 0 Å². The maximum Gasteiger partial charge on any atom is 0.387 e. The summed E-state index contributed by atoms with van der Waals surface area (Å²) >= 11 is 2.58. The molecule has 0 aliphatic carbocycles. The van der Waals surface area contributed by atoms with Crippen LogP contribution in [0.15, 0.2) is 24.3 Å². The van der Waals surface area contributed by atoms with Crippen molar-refractivity contribution in [1.29, 1.82) is 0 Å². The molecular weight excluding hydrogens is 436 g/mol. The van der Waals surface area contributed by atoms with Crippen LogP contribution in [0.3, 0.4) is 0 Å². The number of carbonyl (C=O) groups excluding carboxylic acids is 2. The normalized spacial score (nSPS) is 14.1. The Bertz CT molecular complexity index is 871. The first-order chi connectivity index (χ1) is 14.4. The summed E-state index contributed by atoms with van der Waals surface area (Å²) in [6.45, 7) is 1.25. The number of ether oxygens (including phenoxy) is 2. The van der Waals surface area contributed by atoms with Gasteiger partial charge in [0.15, 0.2) is 5.13 Å². The van der Waals surface area contributed by atoms with Gasteiger partial charge in [-0.15, -0.1) is 23.1 Å². The van der Waals surface area contributed by atoms with Crippen LogP contribution < -0.4 is 10.1 Å². The third-order valence-corrected chi connectivity index (χ3v) is 6.02.